The van der Waals surface area contributed by atoms with Gasteiger partial charge >= 0.3 is 0 Å². The highest BCUT2D eigenvalue weighted by atomic mass is 35.5. The molecule has 5 N–H and O–H groups in total. The third-order valence-corrected chi connectivity index (χ3v) is 4.52. The number of carbonyl (C=O) groups excluding carboxylic acids is 2. The minimum Gasteiger partial charge on any atom is -0.366 e. The molecule has 2 amide bonds. The molecule has 1 aromatic carbocycles. The number of aromatic nitrogens is 3. The van der Waals surface area contributed by atoms with Crippen molar-refractivity contribution < 1.29 is 13.8 Å². The van der Waals surface area contributed by atoms with Crippen LogP contribution in [0.3, 0.4) is 0 Å². The van der Waals surface area contributed by atoms with Crippen LogP contribution in [0.4, 0.5) is 5.69 Å². The number of carbonyl (C=O) groups is 2. The Morgan fingerprint density at radius 2 is 2.04 bits per heavy atom. The highest BCUT2D eigenvalue weighted by molar-refractivity contribution is 7.82. The molecule has 2 aromatic heterocycles. The Morgan fingerprint density at radius 3 is 2.72 bits per heavy atom. The van der Waals surface area contributed by atoms with Gasteiger partial charge in [-0.25, -0.2) is 18.8 Å². The number of nitrogens with one attached hydrogen (secondary N) is 1. The van der Waals surface area contributed by atoms with E-state index in [2.05, 4.69) is 15.4 Å². The molecule has 0 aliphatic heterocycles. The summed E-state index contributed by atoms with van der Waals surface area (Å²) in [5.74, 6) is -1.40. The molecule has 0 aliphatic carbocycles. The largest absolute Gasteiger partial charge is 0.366 e. The summed E-state index contributed by atoms with van der Waals surface area (Å²) in [6, 6.07) is 4.11. The van der Waals surface area contributed by atoms with Crippen LogP contribution in [0.5, 0.6) is 0 Å². The number of hydrogen-bond donors (Lipinski definition) is 3. The maximum Gasteiger partial charge on any atom is 0.261 e. The van der Waals surface area contributed by atoms with Gasteiger partial charge in [0, 0.05) is 12.4 Å². The van der Waals surface area contributed by atoms with Gasteiger partial charge in [0.05, 0.1) is 27.4 Å². The zero-order valence-electron chi connectivity index (χ0n) is 12.5. The van der Waals surface area contributed by atoms with Gasteiger partial charge in [-0.1, -0.05) is 11.6 Å². The molecule has 9 nitrogen and oxygen atoms in total. The molecular weight excluding hydrogens is 368 g/mol. The number of rotatable bonds is 4. The van der Waals surface area contributed by atoms with Gasteiger partial charge in [-0.05, 0) is 18.2 Å². The second-order valence-corrected chi connectivity index (χ2v) is 6.33. The lowest BCUT2D eigenvalue weighted by atomic mass is 10.1. The van der Waals surface area contributed by atoms with E-state index in [9.17, 15) is 13.8 Å². The zero-order valence-corrected chi connectivity index (χ0v) is 14.0. The number of primary amides is 1. The van der Waals surface area contributed by atoms with Crippen molar-refractivity contribution in [2.24, 2.45) is 10.9 Å². The number of nitrogens with zero attached hydrogens (tertiary/aromatic N) is 3. The first-order chi connectivity index (χ1) is 11.9. The zero-order chi connectivity index (χ0) is 18.1. The molecule has 0 aliphatic rings. The fourth-order valence-electron chi connectivity index (χ4n) is 2.19. The lowest BCUT2D eigenvalue weighted by Crippen LogP contribution is -2.19. The van der Waals surface area contributed by atoms with Crippen LogP contribution in [-0.2, 0) is 11.0 Å². The van der Waals surface area contributed by atoms with E-state index in [1.807, 2.05) is 0 Å². The van der Waals surface area contributed by atoms with Crippen LogP contribution in [-0.4, -0.2) is 30.6 Å². The molecule has 0 radical (unpaired) electrons. The number of hydrogen-bond acceptors (Lipinski definition) is 5. The Labute approximate surface area is 148 Å². The van der Waals surface area contributed by atoms with Crippen molar-refractivity contribution in [3.63, 3.8) is 0 Å². The van der Waals surface area contributed by atoms with Gasteiger partial charge < -0.3 is 11.1 Å². The van der Waals surface area contributed by atoms with E-state index in [1.54, 1.807) is 12.3 Å². The SMILES string of the molecule is NC(=O)c1cc(S(N)=O)c(Cl)cc1NC(=O)c1cnn2cccnc12. The molecule has 0 saturated carbocycles. The van der Waals surface area contributed by atoms with Crippen LogP contribution < -0.4 is 16.2 Å². The molecule has 0 fully saturated rings. The van der Waals surface area contributed by atoms with Gasteiger partial charge in [-0.15, -0.1) is 0 Å². The first-order valence-electron chi connectivity index (χ1n) is 6.77. The highest BCUT2D eigenvalue weighted by Gasteiger charge is 2.19. The normalized spacial score (nSPS) is 12.1. The summed E-state index contributed by atoms with van der Waals surface area (Å²) >= 11 is 6.00. The monoisotopic (exact) mass is 378 g/mol. The molecule has 1 unspecified atom stereocenters. The standard InChI is InChI=1S/C14H11ClN6O3S/c15-9-5-10(7(12(16)22)4-11(9)25(17)24)20-14(23)8-6-19-21-3-1-2-18-13(8)21/h1-6H,17H2,(H2,16,22)(H,20,23). The molecule has 2 heterocycles. The quantitative estimate of drug-likeness (QED) is 0.612. The van der Waals surface area contributed by atoms with Gasteiger partial charge in [0.15, 0.2) is 5.65 Å². The first-order valence-corrected chi connectivity index (χ1v) is 8.37. The van der Waals surface area contributed by atoms with E-state index in [-0.39, 0.29) is 26.7 Å². The topological polar surface area (TPSA) is 145 Å². The van der Waals surface area contributed by atoms with Crippen LogP contribution in [0.2, 0.25) is 5.02 Å². The lowest BCUT2D eigenvalue weighted by molar-refractivity contribution is 0.100. The summed E-state index contributed by atoms with van der Waals surface area (Å²) in [5.41, 5.74) is 5.84. The van der Waals surface area contributed by atoms with E-state index in [4.69, 9.17) is 22.5 Å². The average molecular weight is 379 g/mol. The number of halogens is 1. The van der Waals surface area contributed by atoms with E-state index in [0.717, 1.165) is 0 Å². The molecule has 0 bridgehead atoms. The second-order valence-electron chi connectivity index (χ2n) is 4.89. The minimum absolute atomic E-state index is 0.0270. The highest BCUT2D eigenvalue weighted by Crippen LogP contribution is 2.27. The van der Waals surface area contributed by atoms with Crippen molar-refractivity contribution in [1.82, 2.24) is 14.6 Å². The Morgan fingerprint density at radius 1 is 1.28 bits per heavy atom. The van der Waals surface area contributed by atoms with Gasteiger partial charge in [0.25, 0.3) is 11.8 Å². The summed E-state index contributed by atoms with van der Waals surface area (Å²) < 4.78 is 12.9. The van der Waals surface area contributed by atoms with Gasteiger partial charge in [-0.2, -0.15) is 5.10 Å². The van der Waals surface area contributed by atoms with Crippen molar-refractivity contribution in [3.05, 3.63) is 52.9 Å². The summed E-state index contributed by atoms with van der Waals surface area (Å²) in [5, 5.41) is 11.9. The fourth-order valence-corrected chi connectivity index (χ4v) is 3.07. The Kier molecular flexibility index (Phi) is 4.49. The van der Waals surface area contributed by atoms with E-state index >= 15 is 0 Å². The number of fused-ring (bicyclic) bond motifs is 1. The molecule has 128 valence electrons. The molecular formula is C14H11ClN6O3S. The Hall–Kier alpha value is -2.82. The maximum atomic E-state index is 12.5. The second kappa shape index (κ2) is 6.59. The predicted octanol–water partition coefficient (Wildman–Crippen LogP) is 0.715. The Balaban J connectivity index is 2.02. The van der Waals surface area contributed by atoms with E-state index in [1.165, 1.54) is 29.0 Å². The smallest absolute Gasteiger partial charge is 0.261 e. The molecule has 0 saturated heterocycles. The predicted molar refractivity (Wildman–Crippen MR) is 91.5 cm³/mol. The summed E-state index contributed by atoms with van der Waals surface area (Å²) in [7, 11) is -1.91. The summed E-state index contributed by atoms with van der Waals surface area (Å²) in [4.78, 5) is 28.3. The average Bonchev–Trinajstić information content (AvgIpc) is 2.98. The fraction of sp³-hybridized carbons (Fsp3) is 0. The van der Waals surface area contributed by atoms with Crippen molar-refractivity contribution in [2.45, 2.75) is 4.90 Å². The van der Waals surface area contributed by atoms with Crippen LogP contribution >= 0.6 is 11.6 Å². The molecule has 25 heavy (non-hydrogen) atoms. The van der Waals surface area contributed by atoms with Gasteiger partial charge in [-0.3, -0.25) is 9.59 Å². The van der Waals surface area contributed by atoms with E-state index < -0.39 is 22.8 Å². The number of nitrogens with two attached hydrogens (primary N) is 2. The van der Waals surface area contributed by atoms with Crippen LogP contribution in [0.15, 0.2) is 41.7 Å². The summed E-state index contributed by atoms with van der Waals surface area (Å²) in [6.07, 6.45) is 4.49. The summed E-state index contributed by atoms with van der Waals surface area (Å²) in [6.45, 7) is 0. The van der Waals surface area contributed by atoms with E-state index in [0.29, 0.717) is 5.65 Å². The molecule has 11 heteroatoms. The van der Waals surface area contributed by atoms with Crippen LogP contribution in [0, 0.1) is 0 Å². The first kappa shape index (κ1) is 17.0. The molecule has 0 spiro atoms. The maximum absolute atomic E-state index is 12.5. The minimum atomic E-state index is -1.91. The third kappa shape index (κ3) is 3.22. The van der Waals surface area contributed by atoms with Gasteiger partial charge in [0.2, 0.25) is 0 Å². The molecule has 3 aromatic rings. The van der Waals surface area contributed by atoms with Crippen LogP contribution in [0.25, 0.3) is 5.65 Å². The van der Waals surface area contributed by atoms with Crippen molar-refractivity contribution in [1.29, 1.82) is 0 Å². The van der Waals surface area contributed by atoms with Crippen molar-refractivity contribution in [3.8, 4) is 0 Å². The van der Waals surface area contributed by atoms with Gasteiger partial charge in [0.1, 0.15) is 16.5 Å². The number of benzene rings is 1. The molecule has 3 rings (SSSR count). The number of anilines is 1. The number of amides is 2. The van der Waals surface area contributed by atoms with Crippen LogP contribution in [0.1, 0.15) is 20.7 Å². The van der Waals surface area contributed by atoms with Crippen molar-refractivity contribution >= 4 is 45.7 Å². The third-order valence-electron chi connectivity index (χ3n) is 3.33. The van der Waals surface area contributed by atoms with Crippen molar-refractivity contribution in [2.75, 3.05) is 5.32 Å². The lowest BCUT2D eigenvalue weighted by Gasteiger charge is -2.11. The Bertz CT molecular complexity index is 1030. The molecule has 1 atom stereocenters.